The van der Waals surface area contributed by atoms with Crippen LogP contribution in [0.1, 0.15) is 59.3 Å². The molecule has 6 heteroatoms. The van der Waals surface area contributed by atoms with E-state index in [0.717, 1.165) is 19.4 Å². The van der Waals surface area contributed by atoms with E-state index in [1.165, 1.54) is 25.7 Å². The Bertz CT molecular complexity index is 555. The molecule has 3 rings (SSSR count). The molecule has 0 spiro atoms. The number of piperidine rings is 1. The lowest BCUT2D eigenvalue weighted by Crippen LogP contribution is -2.55. The zero-order valence-corrected chi connectivity index (χ0v) is 16.3. The van der Waals surface area contributed by atoms with Crippen molar-refractivity contribution in [3.05, 3.63) is 12.2 Å². The highest BCUT2D eigenvalue weighted by Crippen LogP contribution is 2.36. The molecular formula is C20H33N3O3. The number of carbonyl (C=O) groups is 2. The van der Waals surface area contributed by atoms with Gasteiger partial charge in [0.15, 0.2) is 0 Å². The first-order chi connectivity index (χ1) is 12.3. The Morgan fingerprint density at radius 1 is 1.08 bits per heavy atom. The Labute approximate surface area is 156 Å². The summed E-state index contributed by atoms with van der Waals surface area (Å²) in [6, 6.07) is 0.0860. The molecule has 1 aliphatic heterocycles. The van der Waals surface area contributed by atoms with Crippen molar-refractivity contribution in [1.29, 1.82) is 0 Å². The van der Waals surface area contributed by atoms with Gasteiger partial charge in [0.05, 0.1) is 6.04 Å². The first kappa shape index (κ1) is 19.1. The van der Waals surface area contributed by atoms with Crippen molar-refractivity contribution in [3.63, 3.8) is 0 Å². The molecule has 2 fully saturated rings. The number of rotatable bonds is 2. The first-order valence-electron chi connectivity index (χ1n) is 10.0. The SMILES string of the molecule is CC(C)(C)OC(=O)N[C@H]1CCCN(C(=O)NC2C=CC3CCCC2C3)C1. The minimum absolute atomic E-state index is 0.0145. The summed E-state index contributed by atoms with van der Waals surface area (Å²) in [7, 11) is 0. The van der Waals surface area contributed by atoms with Crippen LogP contribution in [-0.2, 0) is 4.74 Å². The molecule has 26 heavy (non-hydrogen) atoms. The van der Waals surface area contributed by atoms with Crippen LogP contribution < -0.4 is 10.6 Å². The van der Waals surface area contributed by atoms with Gasteiger partial charge in [0.25, 0.3) is 0 Å². The third-order valence-corrected chi connectivity index (χ3v) is 5.57. The Kier molecular flexibility index (Phi) is 5.78. The smallest absolute Gasteiger partial charge is 0.407 e. The van der Waals surface area contributed by atoms with Gasteiger partial charge < -0.3 is 20.3 Å². The quantitative estimate of drug-likeness (QED) is 0.739. The van der Waals surface area contributed by atoms with E-state index in [2.05, 4.69) is 22.8 Å². The third kappa shape index (κ3) is 5.15. The number of alkyl carbamates (subject to hydrolysis) is 1. The van der Waals surface area contributed by atoms with Crippen LogP contribution in [0.2, 0.25) is 0 Å². The van der Waals surface area contributed by atoms with Crippen LogP contribution in [0.3, 0.4) is 0 Å². The summed E-state index contributed by atoms with van der Waals surface area (Å²) in [4.78, 5) is 26.5. The lowest BCUT2D eigenvalue weighted by atomic mass is 9.74. The molecule has 3 aliphatic rings. The minimum Gasteiger partial charge on any atom is -0.444 e. The van der Waals surface area contributed by atoms with Crippen molar-refractivity contribution in [2.45, 2.75) is 77.0 Å². The van der Waals surface area contributed by atoms with Gasteiger partial charge in [-0.05, 0) is 64.7 Å². The third-order valence-electron chi connectivity index (χ3n) is 5.57. The molecule has 4 atom stereocenters. The molecule has 3 amide bonds. The number of fused-ring (bicyclic) bond motifs is 2. The summed E-state index contributed by atoms with van der Waals surface area (Å²) >= 11 is 0. The van der Waals surface area contributed by atoms with Gasteiger partial charge in [-0.1, -0.05) is 18.6 Å². The van der Waals surface area contributed by atoms with Crippen molar-refractivity contribution >= 4 is 12.1 Å². The molecule has 1 heterocycles. The highest BCUT2D eigenvalue weighted by molar-refractivity contribution is 5.75. The number of ether oxygens (including phenoxy) is 1. The molecule has 1 saturated heterocycles. The van der Waals surface area contributed by atoms with Crippen LogP contribution in [0.5, 0.6) is 0 Å². The number of nitrogens with one attached hydrogen (secondary N) is 2. The van der Waals surface area contributed by atoms with Gasteiger partial charge in [-0.15, -0.1) is 0 Å². The van der Waals surface area contributed by atoms with E-state index in [9.17, 15) is 9.59 Å². The molecule has 0 aromatic rings. The predicted octanol–water partition coefficient (Wildman–Crippen LogP) is 3.43. The molecule has 2 bridgehead atoms. The normalized spacial score (nSPS) is 31.3. The highest BCUT2D eigenvalue weighted by Gasteiger charge is 2.33. The monoisotopic (exact) mass is 363 g/mol. The van der Waals surface area contributed by atoms with Crippen LogP contribution in [0, 0.1) is 11.8 Å². The summed E-state index contributed by atoms with van der Waals surface area (Å²) in [5.74, 6) is 1.28. The molecule has 6 nitrogen and oxygen atoms in total. The van der Waals surface area contributed by atoms with Gasteiger partial charge in [0.2, 0.25) is 0 Å². The Balaban J connectivity index is 1.50. The van der Waals surface area contributed by atoms with Gasteiger partial charge in [-0.2, -0.15) is 0 Å². The predicted molar refractivity (Wildman–Crippen MR) is 101 cm³/mol. The fourth-order valence-corrected chi connectivity index (χ4v) is 4.36. The van der Waals surface area contributed by atoms with Crippen molar-refractivity contribution in [1.82, 2.24) is 15.5 Å². The Morgan fingerprint density at radius 3 is 2.65 bits per heavy atom. The number of urea groups is 1. The second kappa shape index (κ2) is 7.89. The maximum Gasteiger partial charge on any atom is 0.407 e. The van der Waals surface area contributed by atoms with Crippen molar-refractivity contribution in [3.8, 4) is 0 Å². The average Bonchev–Trinajstić information content (AvgIpc) is 2.56. The van der Waals surface area contributed by atoms with Crippen molar-refractivity contribution in [2.75, 3.05) is 13.1 Å². The van der Waals surface area contributed by atoms with E-state index in [1.54, 1.807) is 0 Å². The van der Waals surface area contributed by atoms with Gasteiger partial charge in [0, 0.05) is 19.1 Å². The van der Waals surface area contributed by atoms with Gasteiger partial charge in [-0.25, -0.2) is 9.59 Å². The number of hydrogen-bond acceptors (Lipinski definition) is 3. The molecule has 3 unspecified atom stereocenters. The second-order valence-corrected chi connectivity index (χ2v) is 8.98. The fraction of sp³-hybridized carbons (Fsp3) is 0.800. The van der Waals surface area contributed by atoms with Gasteiger partial charge in [-0.3, -0.25) is 0 Å². The van der Waals surface area contributed by atoms with E-state index in [1.807, 2.05) is 25.7 Å². The second-order valence-electron chi connectivity index (χ2n) is 8.98. The molecule has 1 saturated carbocycles. The van der Waals surface area contributed by atoms with E-state index in [-0.39, 0.29) is 18.1 Å². The number of amides is 3. The zero-order chi connectivity index (χ0) is 18.7. The molecule has 0 radical (unpaired) electrons. The maximum absolute atomic E-state index is 12.7. The van der Waals surface area contributed by atoms with E-state index >= 15 is 0 Å². The summed E-state index contributed by atoms with van der Waals surface area (Å²) in [5.41, 5.74) is -0.513. The number of hydrogen-bond donors (Lipinski definition) is 2. The number of allylic oxidation sites excluding steroid dienone is 1. The number of carbonyl (C=O) groups excluding carboxylic acids is 2. The number of nitrogens with zero attached hydrogens (tertiary/aromatic N) is 1. The summed E-state index contributed by atoms with van der Waals surface area (Å²) in [6.07, 6.45) is 10.8. The van der Waals surface area contributed by atoms with E-state index in [4.69, 9.17) is 4.74 Å². The largest absolute Gasteiger partial charge is 0.444 e. The fourth-order valence-electron chi connectivity index (χ4n) is 4.36. The summed E-state index contributed by atoms with van der Waals surface area (Å²) < 4.78 is 5.32. The van der Waals surface area contributed by atoms with Crippen LogP contribution in [-0.4, -0.2) is 47.8 Å². The first-order valence-corrected chi connectivity index (χ1v) is 10.0. The lowest BCUT2D eigenvalue weighted by Gasteiger charge is -2.39. The molecule has 2 N–H and O–H groups in total. The lowest BCUT2D eigenvalue weighted by molar-refractivity contribution is 0.0478. The number of likely N-dealkylation sites (tertiary alicyclic amines) is 1. The van der Waals surface area contributed by atoms with Crippen LogP contribution in [0.25, 0.3) is 0 Å². The zero-order valence-electron chi connectivity index (χ0n) is 16.3. The van der Waals surface area contributed by atoms with Crippen LogP contribution in [0.4, 0.5) is 9.59 Å². The highest BCUT2D eigenvalue weighted by atomic mass is 16.6. The molecule has 0 aromatic carbocycles. The van der Waals surface area contributed by atoms with Crippen LogP contribution in [0.15, 0.2) is 12.2 Å². The molecular weight excluding hydrogens is 330 g/mol. The van der Waals surface area contributed by atoms with Gasteiger partial charge in [0.1, 0.15) is 5.60 Å². The molecule has 146 valence electrons. The maximum atomic E-state index is 12.7. The minimum atomic E-state index is -0.513. The molecule has 2 aliphatic carbocycles. The average molecular weight is 364 g/mol. The standard InChI is InChI=1S/C20H33N3O3/c1-20(2,3)26-19(25)21-16-8-5-11-23(13-16)18(24)22-17-10-9-14-6-4-7-15(17)12-14/h9-10,14-17H,4-8,11-13H2,1-3H3,(H,21,25)(H,22,24)/t14?,15?,16-,17?/m0/s1. The Morgan fingerprint density at radius 2 is 1.88 bits per heavy atom. The van der Waals surface area contributed by atoms with Crippen LogP contribution >= 0.6 is 0 Å². The van der Waals surface area contributed by atoms with Crippen molar-refractivity contribution in [2.24, 2.45) is 11.8 Å². The summed E-state index contributed by atoms with van der Waals surface area (Å²) in [6.45, 7) is 6.82. The molecule has 0 aromatic heterocycles. The summed E-state index contributed by atoms with van der Waals surface area (Å²) in [5, 5.41) is 6.11. The Hall–Kier alpha value is -1.72. The van der Waals surface area contributed by atoms with E-state index < -0.39 is 11.7 Å². The van der Waals surface area contributed by atoms with Crippen molar-refractivity contribution < 1.29 is 14.3 Å². The van der Waals surface area contributed by atoms with E-state index in [0.29, 0.717) is 18.4 Å². The topological polar surface area (TPSA) is 70.7 Å². The van der Waals surface area contributed by atoms with Gasteiger partial charge >= 0.3 is 12.1 Å².